The van der Waals surface area contributed by atoms with Crippen molar-refractivity contribution in [3.63, 3.8) is 0 Å². The summed E-state index contributed by atoms with van der Waals surface area (Å²) in [5.41, 5.74) is 3.05. The van der Waals surface area contributed by atoms with E-state index < -0.39 is 21.7 Å². The molecule has 5 rings (SSSR count). The molecule has 3 aliphatic rings. The van der Waals surface area contributed by atoms with Gasteiger partial charge in [-0.3, -0.25) is 0 Å². The average molecular weight is 477 g/mol. The first kappa shape index (κ1) is 21.9. The number of benzene rings is 1. The van der Waals surface area contributed by atoms with E-state index in [1.54, 1.807) is 6.07 Å². The molecule has 172 valence electrons. The molecule has 1 saturated carbocycles. The molecular formula is C23H28N2O5S2. The van der Waals surface area contributed by atoms with Gasteiger partial charge in [0.1, 0.15) is 9.81 Å². The molecule has 2 atom stereocenters. The van der Waals surface area contributed by atoms with Crippen molar-refractivity contribution >= 4 is 33.1 Å². The molecule has 1 saturated heterocycles. The minimum atomic E-state index is -4.06. The molecule has 1 aromatic carbocycles. The number of hydrogen-bond acceptors (Lipinski definition) is 6. The molecule has 1 unspecified atom stereocenters. The molecule has 7 nitrogen and oxygen atoms in total. The molecule has 3 N–H and O–H groups in total. The predicted octanol–water partition coefficient (Wildman–Crippen LogP) is 3.87. The lowest BCUT2D eigenvalue weighted by Gasteiger charge is -2.20. The standard InChI is InChI=1S/C23H28N2O5S2/c1-14(15-5-6-15)17-8-7-16-3-2-4-18(16)21(17)24-22(26)25-32(28,29)20-10-9-19(31-20)23(27)11-12-30-13-23/h7-10,14-15,27H,2-6,11-13H2,1H3,(H2,24,25,26)/t14-,23?/m1/s1. The van der Waals surface area contributed by atoms with E-state index in [0.717, 1.165) is 47.4 Å². The van der Waals surface area contributed by atoms with E-state index in [-0.39, 0.29) is 10.8 Å². The number of rotatable bonds is 6. The maximum Gasteiger partial charge on any atom is 0.333 e. The third-order valence-corrected chi connectivity index (χ3v) is 10.0. The number of amides is 2. The van der Waals surface area contributed by atoms with Crippen molar-refractivity contribution in [1.82, 2.24) is 4.72 Å². The van der Waals surface area contributed by atoms with E-state index in [1.165, 1.54) is 24.5 Å². The first-order chi connectivity index (χ1) is 15.3. The first-order valence-electron chi connectivity index (χ1n) is 11.2. The summed E-state index contributed by atoms with van der Waals surface area (Å²) in [5.74, 6) is 0.943. The molecule has 2 heterocycles. The number of aliphatic hydroxyl groups is 1. The Kier molecular flexibility index (Phi) is 5.56. The number of carbonyl (C=O) groups is 1. The summed E-state index contributed by atoms with van der Waals surface area (Å²) in [6, 6.07) is 6.50. The highest BCUT2D eigenvalue weighted by Crippen LogP contribution is 2.46. The molecule has 9 heteroatoms. The highest BCUT2D eigenvalue weighted by atomic mass is 32.2. The maximum atomic E-state index is 12.9. The van der Waals surface area contributed by atoms with Crippen LogP contribution in [-0.2, 0) is 33.2 Å². The lowest BCUT2D eigenvalue weighted by molar-refractivity contribution is 0.0264. The van der Waals surface area contributed by atoms with Crippen molar-refractivity contribution in [3.8, 4) is 0 Å². The van der Waals surface area contributed by atoms with Crippen molar-refractivity contribution in [2.24, 2.45) is 5.92 Å². The zero-order chi connectivity index (χ0) is 22.5. The SMILES string of the molecule is C[C@@H](c1ccc2c(c1NC(=O)NS(=O)(=O)c1ccc(C3(O)CCOC3)s1)CCC2)C1CC1. The van der Waals surface area contributed by atoms with E-state index in [4.69, 9.17) is 4.74 Å². The van der Waals surface area contributed by atoms with Gasteiger partial charge >= 0.3 is 6.03 Å². The summed E-state index contributed by atoms with van der Waals surface area (Å²) < 4.78 is 33.1. The Hall–Kier alpha value is -1.94. The third kappa shape index (κ3) is 4.07. The summed E-state index contributed by atoms with van der Waals surface area (Å²) >= 11 is 0.964. The van der Waals surface area contributed by atoms with Crippen molar-refractivity contribution in [3.05, 3.63) is 45.8 Å². The topological polar surface area (TPSA) is 105 Å². The van der Waals surface area contributed by atoms with Crippen LogP contribution in [0.1, 0.15) is 60.1 Å². The molecule has 32 heavy (non-hydrogen) atoms. The summed E-state index contributed by atoms with van der Waals surface area (Å²) in [7, 11) is -4.06. The number of thiophene rings is 1. The monoisotopic (exact) mass is 476 g/mol. The van der Waals surface area contributed by atoms with Crippen LogP contribution in [0, 0.1) is 5.92 Å². The lowest BCUT2D eigenvalue weighted by atomic mass is 9.91. The first-order valence-corrected chi connectivity index (χ1v) is 13.5. The van der Waals surface area contributed by atoms with Crippen LogP contribution in [-0.4, -0.2) is 32.8 Å². The van der Waals surface area contributed by atoms with Gasteiger partial charge in [-0.05, 0) is 72.8 Å². The Morgan fingerprint density at radius 3 is 2.78 bits per heavy atom. The maximum absolute atomic E-state index is 12.9. The molecule has 0 radical (unpaired) electrons. The van der Waals surface area contributed by atoms with Gasteiger partial charge in [0.2, 0.25) is 0 Å². The second kappa shape index (κ2) is 8.13. The second-order valence-electron chi connectivity index (χ2n) is 9.16. The van der Waals surface area contributed by atoms with Crippen molar-refractivity contribution < 1.29 is 23.1 Å². The van der Waals surface area contributed by atoms with E-state index in [2.05, 4.69) is 29.1 Å². The summed E-state index contributed by atoms with van der Waals surface area (Å²) in [5, 5.41) is 13.5. The Balaban J connectivity index is 1.36. The molecule has 2 aliphatic carbocycles. The number of carbonyl (C=O) groups excluding carboxylic acids is 1. The van der Waals surface area contributed by atoms with Crippen LogP contribution in [0.2, 0.25) is 0 Å². The van der Waals surface area contributed by atoms with Crippen LogP contribution in [0.25, 0.3) is 0 Å². The quantitative estimate of drug-likeness (QED) is 0.587. The fourth-order valence-corrected chi connectivity index (χ4v) is 7.15. The fraction of sp³-hybridized carbons (Fsp3) is 0.522. The van der Waals surface area contributed by atoms with Crippen molar-refractivity contribution in [2.75, 3.05) is 18.5 Å². The number of sulfonamides is 1. The Bertz CT molecular complexity index is 1150. The zero-order valence-corrected chi connectivity index (χ0v) is 19.7. The number of nitrogens with one attached hydrogen (secondary N) is 2. The summed E-state index contributed by atoms with van der Waals surface area (Å²) in [6.07, 6.45) is 5.70. The van der Waals surface area contributed by atoms with Gasteiger partial charge in [-0.2, -0.15) is 0 Å². The van der Waals surface area contributed by atoms with Gasteiger partial charge in [-0.25, -0.2) is 17.9 Å². The number of urea groups is 1. The summed E-state index contributed by atoms with van der Waals surface area (Å²) in [4.78, 5) is 13.3. The number of aryl methyl sites for hydroxylation is 1. The van der Waals surface area contributed by atoms with Crippen LogP contribution < -0.4 is 10.0 Å². The Labute approximate surface area is 192 Å². The summed E-state index contributed by atoms with van der Waals surface area (Å²) in [6.45, 7) is 2.75. The van der Waals surface area contributed by atoms with E-state index in [0.29, 0.717) is 29.7 Å². The van der Waals surface area contributed by atoms with Crippen molar-refractivity contribution in [1.29, 1.82) is 0 Å². The second-order valence-corrected chi connectivity index (χ2v) is 12.2. The van der Waals surface area contributed by atoms with Gasteiger partial charge in [0.25, 0.3) is 10.0 Å². The zero-order valence-electron chi connectivity index (χ0n) is 18.0. The van der Waals surface area contributed by atoms with Crippen molar-refractivity contribution in [2.45, 2.75) is 61.2 Å². The smallest absolute Gasteiger partial charge is 0.333 e. The highest BCUT2D eigenvalue weighted by Gasteiger charge is 2.37. The minimum Gasteiger partial charge on any atom is -0.382 e. The highest BCUT2D eigenvalue weighted by molar-refractivity contribution is 7.92. The molecule has 2 amide bonds. The van der Waals surface area contributed by atoms with Gasteiger partial charge in [-0.1, -0.05) is 19.1 Å². The largest absolute Gasteiger partial charge is 0.382 e. The van der Waals surface area contributed by atoms with Gasteiger partial charge in [-0.15, -0.1) is 11.3 Å². The molecule has 1 aliphatic heterocycles. The van der Waals surface area contributed by atoms with E-state index >= 15 is 0 Å². The van der Waals surface area contributed by atoms with Crippen LogP contribution in [0.4, 0.5) is 10.5 Å². The Morgan fingerprint density at radius 2 is 2.06 bits per heavy atom. The van der Waals surface area contributed by atoms with Crippen LogP contribution >= 0.6 is 11.3 Å². The minimum absolute atomic E-state index is 0.00663. The Morgan fingerprint density at radius 1 is 1.25 bits per heavy atom. The number of hydrogen-bond donors (Lipinski definition) is 3. The fourth-order valence-electron chi connectivity index (χ4n) is 4.84. The molecule has 1 aromatic heterocycles. The molecule has 0 bridgehead atoms. The normalized spacial score (nSPS) is 23.7. The van der Waals surface area contributed by atoms with E-state index in [9.17, 15) is 18.3 Å². The number of ether oxygens (including phenoxy) is 1. The third-order valence-electron chi connectivity index (χ3n) is 6.91. The van der Waals surface area contributed by atoms with Gasteiger partial charge < -0.3 is 15.2 Å². The average Bonchev–Trinajstić information content (AvgIpc) is 3.13. The predicted molar refractivity (Wildman–Crippen MR) is 123 cm³/mol. The molecular weight excluding hydrogens is 448 g/mol. The van der Waals surface area contributed by atoms with E-state index in [1.807, 2.05) is 0 Å². The number of fused-ring (bicyclic) bond motifs is 1. The molecule has 2 aromatic rings. The number of anilines is 1. The molecule has 2 fully saturated rings. The van der Waals surface area contributed by atoms with Crippen LogP contribution in [0.3, 0.4) is 0 Å². The van der Waals surface area contributed by atoms with Crippen LogP contribution in [0.15, 0.2) is 28.5 Å². The van der Waals surface area contributed by atoms with Crippen LogP contribution in [0.5, 0.6) is 0 Å². The molecule has 0 spiro atoms. The van der Waals surface area contributed by atoms with Gasteiger partial charge in [0, 0.05) is 23.6 Å². The van der Waals surface area contributed by atoms with Gasteiger partial charge in [0.05, 0.1) is 6.61 Å². The van der Waals surface area contributed by atoms with Gasteiger partial charge in [0.15, 0.2) is 0 Å². The lowest BCUT2D eigenvalue weighted by Crippen LogP contribution is -2.34.